The molecule has 9 heteroatoms. The number of nitrogens with one attached hydrogen (secondary N) is 1. The van der Waals surface area contributed by atoms with Crippen molar-refractivity contribution in [2.45, 2.75) is 4.90 Å². The predicted octanol–water partition coefficient (Wildman–Crippen LogP) is 2.55. The van der Waals surface area contributed by atoms with Crippen molar-refractivity contribution < 1.29 is 8.42 Å². The van der Waals surface area contributed by atoms with Gasteiger partial charge in [-0.1, -0.05) is 12.1 Å². The van der Waals surface area contributed by atoms with Crippen LogP contribution in [0.5, 0.6) is 0 Å². The fourth-order valence-corrected chi connectivity index (χ4v) is 4.52. The number of sulfone groups is 1. The monoisotopic (exact) mass is 357 g/mol. The Bertz CT molecular complexity index is 1100. The van der Waals surface area contributed by atoms with Gasteiger partial charge in [-0.15, -0.1) is 21.5 Å². The average Bonchev–Trinajstić information content (AvgIpc) is 3.22. The molecule has 120 valence electrons. The molecule has 0 spiro atoms. The van der Waals surface area contributed by atoms with Crippen molar-refractivity contribution in [3.63, 3.8) is 0 Å². The van der Waals surface area contributed by atoms with Crippen molar-refractivity contribution in [2.24, 2.45) is 0 Å². The summed E-state index contributed by atoms with van der Waals surface area (Å²) >= 11 is 1.54. The van der Waals surface area contributed by atoms with Gasteiger partial charge in [0.15, 0.2) is 9.84 Å². The first-order chi connectivity index (χ1) is 11.5. The second kappa shape index (κ2) is 5.46. The summed E-state index contributed by atoms with van der Waals surface area (Å²) in [7, 11) is -3.45. The van der Waals surface area contributed by atoms with Gasteiger partial charge >= 0.3 is 0 Å². The van der Waals surface area contributed by atoms with Crippen LogP contribution in [0.1, 0.15) is 0 Å². The number of aromatic nitrogens is 5. The Balaban J connectivity index is 2.05. The molecule has 1 aromatic carbocycles. The second-order valence-corrected chi connectivity index (χ2v) is 8.28. The summed E-state index contributed by atoms with van der Waals surface area (Å²) in [6, 6.07) is 9.06. The van der Waals surface area contributed by atoms with Gasteiger partial charge in [0.05, 0.1) is 15.2 Å². The molecule has 0 aliphatic carbocycles. The second-order valence-electron chi connectivity index (χ2n) is 5.21. The van der Waals surface area contributed by atoms with Gasteiger partial charge in [-0.2, -0.15) is 5.21 Å². The van der Waals surface area contributed by atoms with E-state index >= 15 is 0 Å². The summed E-state index contributed by atoms with van der Waals surface area (Å²) in [6.45, 7) is 0. The summed E-state index contributed by atoms with van der Waals surface area (Å²) in [5, 5.41) is 15.0. The number of H-pyrrole nitrogens is 1. The molecule has 7 nitrogen and oxygen atoms in total. The summed E-state index contributed by atoms with van der Waals surface area (Å²) in [5.41, 5.74) is 1.20. The Hall–Kier alpha value is -2.65. The van der Waals surface area contributed by atoms with E-state index in [0.29, 0.717) is 5.56 Å². The molecule has 0 fully saturated rings. The molecule has 0 aliphatic heterocycles. The summed E-state index contributed by atoms with van der Waals surface area (Å²) in [4.78, 5) is 5.22. The van der Waals surface area contributed by atoms with E-state index in [1.54, 1.807) is 24.5 Å². The number of benzene rings is 1. The van der Waals surface area contributed by atoms with E-state index in [1.165, 1.54) is 17.6 Å². The van der Waals surface area contributed by atoms with Crippen LogP contribution in [0, 0.1) is 0 Å². The molecule has 0 radical (unpaired) electrons. The molecule has 4 rings (SSSR count). The number of aromatic amines is 1. The van der Waals surface area contributed by atoms with E-state index in [4.69, 9.17) is 0 Å². The van der Waals surface area contributed by atoms with Crippen LogP contribution >= 0.6 is 11.3 Å². The molecule has 4 aromatic rings. The van der Waals surface area contributed by atoms with Crippen LogP contribution < -0.4 is 0 Å². The lowest BCUT2D eigenvalue weighted by Gasteiger charge is -2.09. The Labute approximate surface area is 141 Å². The van der Waals surface area contributed by atoms with E-state index in [9.17, 15) is 8.42 Å². The van der Waals surface area contributed by atoms with Crippen molar-refractivity contribution >= 4 is 31.3 Å². The highest BCUT2D eigenvalue weighted by molar-refractivity contribution is 7.90. The van der Waals surface area contributed by atoms with Crippen LogP contribution in [0.25, 0.3) is 31.9 Å². The van der Waals surface area contributed by atoms with E-state index in [-0.39, 0.29) is 10.7 Å². The Kier molecular flexibility index (Phi) is 3.39. The Morgan fingerprint density at radius 1 is 1.21 bits per heavy atom. The molecular weight excluding hydrogens is 346 g/mol. The van der Waals surface area contributed by atoms with E-state index in [1.807, 2.05) is 18.2 Å². The van der Waals surface area contributed by atoms with Gasteiger partial charge in [-0.3, -0.25) is 4.98 Å². The Morgan fingerprint density at radius 3 is 2.79 bits per heavy atom. The highest BCUT2D eigenvalue weighted by Crippen LogP contribution is 2.40. The number of hydrogen-bond donors (Lipinski definition) is 1. The lowest BCUT2D eigenvalue weighted by molar-refractivity contribution is 0.602. The highest BCUT2D eigenvalue weighted by Gasteiger charge is 2.22. The SMILES string of the molecule is CS(=O)(=O)c1cccc(-c2cc3ccncc3s2)c1-c1nn[nH]n1. The lowest BCUT2D eigenvalue weighted by Crippen LogP contribution is -2.02. The van der Waals surface area contributed by atoms with Crippen LogP contribution in [0.4, 0.5) is 0 Å². The maximum atomic E-state index is 12.2. The number of hydrogen-bond acceptors (Lipinski definition) is 7. The zero-order valence-corrected chi connectivity index (χ0v) is 14.1. The fourth-order valence-electron chi connectivity index (χ4n) is 2.56. The molecule has 24 heavy (non-hydrogen) atoms. The number of thiophene rings is 1. The zero-order valence-electron chi connectivity index (χ0n) is 12.5. The molecule has 0 aliphatic rings. The van der Waals surface area contributed by atoms with E-state index in [0.717, 1.165) is 20.5 Å². The maximum Gasteiger partial charge on any atom is 0.206 e. The first-order valence-corrected chi connectivity index (χ1v) is 9.65. The largest absolute Gasteiger partial charge is 0.263 e. The number of rotatable bonds is 3. The van der Waals surface area contributed by atoms with Gasteiger partial charge in [-0.25, -0.2) is 8.42 Å². The van der Waals surface area contributed by atoms with Gasteiger partial charge in [0.25, 0.3) is 0 Å². The topological polar surface area (TPSA) is 101 Å². The van der Waals surface area contributed by atoms with Crippen molar-refractivity contribution in [1.82, 2.24) is 25.6 Å². The predicted molar refractivity (Wildman–Crippen MR) is 91.3 cm³/mol. The van der Waals surface area contributed by atoms with Gasteiger partial charge in [0, 0.05) is 29.1 Å². The quantitative estimate of drug-likeness (QED) is 0.604. The normalized spacial score (nSPS) is 11.9. The minimum atomic E-state index is -3.45. The molecule has 0 amide bonds. The smallest absolute Gasteiger partial charge is 0.206 e. The first kappa shape index (κ1) is 14.9. The van der Waals surface area contributed by atoms with Crippen molar-refractivity contribution in [1.29, 1.82) is 0 Å². The number of tetrazole rings is 1. The van der Waals surface area contributed by atoms with E-state index < -0.39 is 9.84 Å². The van der Waals surface area contributed by atoms with Crippen molar-refractivity contribution in [3.8, 4) is 21.8 Å². The third kappa shape index (κ3) is 2.47. The van der Waals surface area contributed by atoms with Crippen molar-refractivity contribution in [3.05, 3.63) is 42.7 Å². The third-order valence-corrected chi connectivity index (χ3v) is 5.84. The highest BCUT2D eigenvalue weighted by atomic mass is 32.2. The Morgan fingerprint density at radius 2 is 2.08 bits per heavy atom. The molecule has 0 saturated heterocycles. The summed E-state index contributed by atoms with van der Waals surface area (Å²) in [6.07, 6.45) is 4.69. The van der Waals surface area contributed by atoms with E-state index in [2.05, 4.69) is 25.6 Å². The lowest BCUT2D eigenvalue weighted by atomic mass is 10.0. The van der Waals surface area contributed by atoms with Gasteiger partial charge in [-0.05, 0) is 28.8 Å². The van der Waals surface area contributed by atoms with Crippen LogP contribution in [-0.2, 0) is 9.84 Å². The minimum absolute atomic E-state index is 0.178. The van der Waals surface area contributed by atoms with Crippen LogP contribution in [-0.4, -0.2) is 40.3 Å². The standard InChI is InChI=1S/C15H11N5O2S2/c1-24(21,22)13-4-2-3-10(14(13)15-17-19-20-18-15)11-7-9-5-6-16-8-12(9)23-11/h2-8H,1H3,(H,17,18,19,20). The average molecular weight is 357 g/mol. The summed E-state index contributed by atoms with van der Waals surface area (Å²) in [5.74, 6) is 0.251. The first-order valence-electron chi connectivity index (χ1n) is 6.95. The van der Waals surface area contributed by atoms with Crippen LogP contribution in [0.2, 0.25) is 0 Å². The maximum absolute atomic E-state index is 12.2. The van der Waals surface area contributed by atoms with Crippen LogP contribution in [0.15, 0.2) is 47.6 Å². The summed E-state index contributed by atoms with van der Waals surface area (Å²) < 4.78 is 25.4. The molecule has 0 atom stereocenters. The van der Waals surface area contributed by atoms with Gasteiger partial charge in [0.2, 0.25) is 5.82 Å². The minimum Gasteiger partial charge on any atom is -0.263 e. The number of fused-ring (bicyclic) bond motifs is 1. The number of nitrogens with zero attached hydrogens (tertiary/aromatic N) is 4. The molecular formula is C15H11N5O2S2. The molecule has 1 N–H and O–H groups in total. The molecule has 3 aromatic heterocycles. The molecule has 0 unspecified atom stereocenters. The van der Waals surface area contributed by atoms with Crippen LogP contribution in [0.3, 0.4) is 0 Å². The zero-order chi connectivity index (χ0) is 16.7. The molecule has 0 bridgehead atoms. The van der Waals surface area contributed by atoms with Gasteiger partial charge in [0.1, 0.15) is 0 Å². The molecule has 3 heterocycles. The number of pyridine rings is 1. The molecule has 0 saturated carbocycles. The third-order valence-electron chi connectivity index (χ3n) is 3.58. The van der Waals surface area contributed by atoms with Gasteiger partial charge < -0.3 is 0 Å². The fraction of sp³-hybridized carbons (Fsp3) is 0.0667. The van der Waals surface area contributed by atoms with Crippen molar-refractivity contribution in [2.75, 3.05) is 6.26 Å².